The standard InChI is InChI=1S/C21H18O3/c1-4-13-11-14(5-7-16(13)20(23)24)15-6-8-17-18(12-15)21(2,3)10-9-19(17)22/h1,5-8,11-12H,9-10H2,2-3H3,(H,23,24). The van der Waals surface area contributed by atoms with Crippen molar-refractivity contribution in [1.82, 2.24) is 0 Å². The van der Waals surface area contributed by atoms with Crippen molar-refractivity contribution in [2.75, 3.05) is 0 Å². The SMILES string of the molecule is C#Cc1cc(-c2ccc3c(c2)C(C)(C)CCC3=O)ccc1C(=O)O. The van der Waals surface area contributed by atoms with Gasteiger partial charge in [-0.05, 0) is 46.7 Å². The molecule has 0 heterocycles. The number of carbonyl (C=O) groups excluding carboxylic acids is 1. The zero-order valence-corrected chi connectivity index (χ0v) is 13.7. The number of fused-ring (bicyclic) bond motifs is 1. The largest absolute Gasteiger partial charge is 0.478 e. The van der Waals surface area contributed by atoms with Gasteiger partial charge in [0.2, 0.25) is 0 Å². The van der Waals surface area contributed by atoms with E-state index in [0.29, 0.717) is 12.0 Å². The van der Waals surface area contributed by atoms with Crippen molar-refractivity contribution in [3.63, 3.8) is 0 Å². The van der Waals surface area contributed by atoms with Crippen LogP contribution in [0.15, 0.2) is 36.4 Å². The van der Waals surface area contributed by atoms with Crippen LogP contribution < -0.4 is 0 Å². The number of carbonyl (C=O) groups is 2. The minimum Gasteiger partial charge on any atom is -0.478 e. The van der Waals surface area contributed by atoms with Gasteiger partial charge in [-0.3, -0.25) is 4.79 Å². The normalized spacial score (nSPS) is 15.5. The minimum absolute atomic E-state index is 0.0603. The van der Waals surface area contributed by atoms with Crippen LogP contribution in [0.3, 0.4) is 0 Å². The summed E-state index contributed by atoms with van der Waals surface area (Å²) in [5, 5.41) is 9.18. The number of terminal acetylenes is 1. The third-order valence-electron chi connectivity index (χ3n) is 4.76. The molecule has 1 aliphatic rings. The van der Waals surface area contributed by atoms with Gasteiger partial charge >= 0.3 is 5.97 Å². The number of carboxylic acid groups (broad SMARTS) is 1. The summed E-state index contributed by atoms with van der Waals surface area (Å²) >= 11 is 0. The topological polar surface area (TPSA) is 54.4 Å². The quantitative estimate of drug-likeness (QED) is 0.841. The molecule has 0 unspecified atom stereocenters. The molecule has 0 radical (unpaired) electrons. The van der Waals surface area contributed by atoms with Crippen LogP contribution in [0.5, 0.6) is 0 Å². The lowest BCUT2D eigenvalue weighted by molar-refractivity contribution is 0.0696. The Hall–Kier alpha value is -2.86. The van der Waals surface area contributed by atoms with Crippen LogP contribution >= 0.6 is 0 Å². The van der Waals surface area contributed by atoms with E-state index < -0.39 is 5.97 Å². The molecule has 0 amide bonds. The van der Waals surface area contributed by atoms with E-state index in [-0.39, 0.29) is 16.8 Å². The van der Waals surface area contributed by atoms with Crippen LogP contribution in [0.4, 0.5) is 0 Å². The lowest BCUT2D eigenvalue weighted by Gasteiger charge is -2.32. The molecule has 3 rings (SSSR count). The van der Waals surface area contributed by atoms with Crippen molar-refractivity contribution in [2.24, 2.45) is 0 Å². The highest BCUT2D eigenvalue weighted by atomic mass is 16.4. The molecule has 2 aromatic rings. The van der Waals surface area contributed by atoms with Crippen LogP contribution in [-0.4, -0.2) is 16.9 Å². The average molecular weight is 318 g/mol. The predicted octanol–water partition coefficient (Wildman–Crippen LogP) is 4.29. The third-order valence-corrected chi connectivity index (χ3v) is 4.76. The van der Waals surface area contributed by atoms with Gasteiger partial charge in [0.15, 0.2) is 5.78 Å². The van der Waals surface area contributed by atoms with Crippen LogP contribution in [0.25, 0.3) is 11.1 Å². The van der Waals surface area contributed by atoms with Gasteiger partial charge in [-0.15, -0.1) is 6.42 Å². The number of aromatic carboxylic acids is 1. The first kappa shape index (κ1) is 16.0. The number of rotatable bonds is 2. The molecule has 1 N–H and O–H groups in total. The predicted molar refractivity (Wildman–Crippen MR) is 93.4 cm³/mol. The fourth-order valence-corrected chi connectivity index (χ4v) is 3.25. The van der Waals surface area contributed by atoms with Crippen LogP contribution in [0.2, 0.25) is 0 Å². The van der Waals surface area contributed by atoms with E-state index >= 15 is 0 Å². The monoisotopic (exact) mass is 318 g/mol. The van der Waals surface area contributed by atoms with Crippen molar-refractivity contribution in [3.05, 3.63) is 58.7 Å². The first-order valence-electron chi connectivity index (χ1n) is 7.85. The molecule has 0 saturated heterocycles. The molecule has 24 heavy (non-hydrogen) atoms. The van der Waals surface area contributed by atoms with E-state index in [2.05, 4.69) is 19.8 Å². The molecule has 3 nitrogen and oxygen atoms in total. The zero-order valence-electron chi connectivity index (χ0n) is 13.7. The van der Waals surface area contributed by atoms with Gasteiger partial charge in [0, 0.05) is 17.5 Å². The molecular weight excluding hydrogens is 300 g/mol. The highest BCUT2D eigenvalue weighted by Crippen LogP contribution is 2.38. The van der Waals surface area contributed by atoms with Gasteiger partial charge in [0.25, 0.3) is 0 Å². The Morgan fingerprint density at radius 1 is 1.17 bits per heavy atom. The van der Waals surface area contributed by atoms with Crippen molar-refractivity contribution in [1.29, 1.82) is 0 Å². The Kier molecular flexibility index (Phi) is 3.77. The Bertz CT molecular complexity index is 898. The summed E-state index contributed by atoms with van der Waals surface area (Å²) in [4.78, 5) is 23.4. The highest BCUT2D eigenvalue weighted by molar-refractivity contribution is 5.99. The first-order valence-corrected chi connectivity index (χ1v) is 7.85. The fourth-order valence-electron chi connectivity index (χ4n) is 3.25. The summed E-state index contributed by atoms with van der Waals surface area (Å²) in [6.07, 6.45) is 6.86. The van der Waals surface area contributed by atoms with Crippen molar-refractivity contribution in [2.45, 2.75) is 32.1 Å². The lowest BCUT2D eigenvalue weighted by Crippen LogP contribution is -2.27. The number of ketones is 1. The summed E-state index contributed by atoms with van der Waals surface area (Å²) in [7, 11) is 0. The molecule has 1 aliphatic carbocycles. The maximum Gasteiger partial charge on any atom is 0.336 e. The summed E-state index contributed by atoms with van der Waals surface area (Å²) < 4.78 is 0. The highest BCUT2D eigenvalue weighted by Gasteiger charge is 2.31. The van der Waals surface area contributed by atoms with Gasteiger partial charge in [-0.1, -0.05) is 38.0 Å². The summed E-state index contributed by atoms with van der Waals surface area (Å²) in [5.74, 6) is 1.58. The van der Waals surface area contributed by atoms with Gasteiger partial charge in [-0.2, -0.15) is 0 Å². The Balaban J connectivity index is 2.14. The zero-order chi connectivity index (χ0) is 17.5. The molecule has 120 valence electrons. The minimum atomic E-state index is -1.04. The molecule has 0 aromatic heterocycles. The number of hydrogen-bond acceptors (Lipinski definition) is 2. The van der Waals surface area contributed by atoms with Crippen LogP contribution in [-0.2, 0) is 5.41 Å². The van der Waals surface area contributed by atoms with E-state index in [1.807, 2.05) is 18.2 Å². The Morgan fingerprint density at radius 3 is 2.50 bits per heavy atom. The molecular formula is C21H18O3. The van der Waals surface area contributed by atoms with Crippen molar-refractivity contribution >= 4 is 11.8 Å². The van der Waals surface area contributed by atoms with Crippen LogP contribution in [0, 0.1) is 12.3 Å². The smallest absolute Gasteiger partial charge is 0.336 e. The lowest BCUT2D eigenvalue weighted by atomic mass is 9.71. The number of hydrogen-bond donors (Lipinski definition) is 1. The molecule has 0 aliphatic heterocycles. The van der Waals surface area contributed by atoms with E-state index in [1.54, 1.807) is 12.1 Å². The molecule has 3 heteroatoms. The van der Waals surface area contributed by atoms with Crippen LogP contribution in [0.1, 0.15) is 58.5 Å². The summed E-state index contributed by atoms with van der Waals surface area (Å²) in [5.41, 5.74) is 4.03. The Morgan fingerprint density at radius 2 is 1.83 bits per heavy atom. The molecule has 0 atom stereocenters. The maximum absolute atomic E-state index is 12.1. The molecule has 0 spiro atoms. The average Bonchev–Trinajstić information content (AvgIpc) is 2.57. The number of carboxylic acids is 1. The molecule has 2 aromatic carbocycles. The second-order valence-corrected chi connectivity index (χ2v) is 6.78. The first-order chi connectivity index (χ1) is 11.3. The van der Waals surface area contributed by atoms with Crippen molar-refractivity contribution in [3.8, 4) is 23.5 Å². The molecule has 0 bridgehead atoms. The molecule has 0 fully saturated rings. The van der Waals surface area contributed by atoms with Gasteiger partial charge in [-0.25, -0.2) is 4.79 Å². The van der Waals surface area contributed by atoms with E-state index in [0.717, 1.165) is 28.7 Å². The van der Waals surface area contributed by atoms with E-state index in [1.165, 1.54) is 6.07 Å². The van der Waals surface area contributed by atoms with Gasteiger partial charge in [0.05, 0.1) is 5.56 Å². The summed E-state index contributed by atoms with van der Waals surface area (Å²) in [6, 6.07) is 10.8. The van der Waals surface area contributed by atoms with Gasteiger partial charge < -0.3 is 5.11 Å². The second kappa shape index (κ2) is 5.65. The number of Topliss-reactive ketones (excluding diaryl/α,β-unsaturated/α-hetero) is 1. The maximum atomic E-state index is 12.1. The molecule has 0 saturated carbocycles. The number of benzene rings is 2. The van der Waals surface area contributed by atoms with Gasteiger partial charge in [0.1, 0.15) is 0 Å². The Labute approximate surface area is 141 Å². The van der Waals surface area contributed by atoms with E-state index in [9.17, 15) is 14.7 Å². The summed E-state index contributed by atoms with van der Waals surface area (Å²) in [6.45, 7) is 4.28. The fraction of sp³-hybridized carbons (Fsp3) is 0.238. The second-order valence-electron chi connectivity index (χ2n) is 6.78. The third kappa shape index (κ3) is 2.61. The van der Waals surface area contributed by atoms with Crippen molar-refractivity contribution < 1.29 is 14.7 Å². The van der Waals surface area contributed by atoms with E-state index in [4.69, 9.17) is 6.42 Å².